The van der Waals surface area contributed by atoms with E-state index in [0.717, 1.165) is 16.5 Å². The zero-order valence-corrected chi connectivity index (χ0v) is 16.3. The topological polar surface area (TPSA) is 92.7 Å². The Bertz CT molecular complexity index is 835. The molecule has 0 aliphatic rings. The van der Waals surface area contributed by atoms with Gasteiger partial charge in [-0.15, -0.1) is 0 Å². The van der Waals surface area contributed by atoms with Crippen molar-refractivity contribution in [1.29, 1.82) is 0 Å². The van der Waals surface area contributed by atoms with Crippen LogP contribution in [0.25, 0.3) is 10.9 Å². The molecule has 0 unspecified atom stereocenters. The van der Waals surface area contributed by atoms with E-state index in [2.05, 4.69) is 20.8 Å². The van der Waals surface area contributed by atoms with Gasteiger partial charge in [0.2, 0.25) is 0 Å². The highest BCUT2D eigenvalue weighted by Crippen LogP contribution is 2.14. The van der Waals surface area contributed by atoms with E-state index in [-0.39, 0.29) is 5.92 Å². The van der Waals surface area contributed by atoms with Crippen LogP contribution in [-0.4, -0.2) is 34.8 Å². The average Bonchev–Trinajstić information content (AvgIpc) is 2.58. The minimum atomic E-state index is -0.761. The first-order valence-corrected chi connectivity index (χ1v) is 8.83. The van der Waals surface area contributed by atoms with Gasteiger partial charge in [-0.1, -0.05) is 38.1 Å². The van der Waals surface area contributed by atoms with Crippen LogP contribution in [0.15, 0.2) is 41.6 Å². The van der Waals surface area contributed by atoms with Crippen molar-refractivity contribution in [1.82, 2.24) is 15.7 Å². The summed E-state index contributed by atoms with van der Waals surface area (Å²) in [5.41, 5.74) is 3.42. The zero-order chi connectivity index (χ0) is 20.0. The van der Waals surface area contributed by atoms with E-state index >= 15 is 0 Å². The third-order valence-electron chi connectivity index (χ3n) is 3.66. The number of amides is 2. The minimum Gasteiger partial charge on any atom is -0.444 e. The SMILES string of the molecule is CC(C)[C@@H](NC(=O)OC(C)(C)C)C(=O)N/N=C\c1cccc2cccnc12. The Hall–Kier alpha value is -2.96. The van der Waals surface area contributed by atoms with Crippen LogP contribution in [0.4, 0.5) is 4.79 Å². The summed E-state index contributed by atoms with van der Waals surface area (Å²) in [6.07, 6.45) is 2.61. The van der Waals surface area contributed by atoms with Gasteiger partial charge in [0.1, 0.15) is 11.6 Å². The van der Waals surface area contributed by atoms with Crippen molar-refractivity contribution in [3.63, 3.8) is 0 Å². The Morgan fingerprint density at radius 1 is 1.19 bits per heavy atom. The maximum Gasteiger partial charge on any atom is 0.408 e. The van der Waals surface area contributed by atoms with E-state index in [9.17, 15) is 9.59 Å². The summed E-state index contributed by atoms with van der Waals surface area (Å²) in [6.45, 7) is 8.96. The molecule has 27 heavy (non-hydrogen) atoms. The minimum absolute atomic E-state index is 0.132. The molecule has 144 valence electrons. The molecule has 0 radical (unpaired) electrons. The number of hydrazone groups is 1. The van der Waals surface area contributed by atoms with E-state index in [4.69, 9.17) is 4.74 Å². The van der Waals surface area contributed by atoms with Gasteiger partial charge in [-0.25, -0.2) is 10.2 Å². The molecule has 0 saturated carbocycles. The summed E-state index contributed by atoms with van der Waals surface area (Å²) >= 11 is 0. The van der Waals surface area contributed by atoms with E-state index in [0.29, 0.717) is 0 Å². The summed E-state index contributed by atoms with van der Waals surface area (Å²) in [4.78, 5) is 28.7. The molecule has 1 aromatic heterocycles. The third kappa shape index (κ3) is 6.06. The highest BCUT2D eigenvalue weighted by atomic mass is 16.6. The average molecular weight is 370 g/mol. The second-order valence-corrected chi connectivity index (χ2v) is 7.52. The van der Waals surface area contributed by atoms with Crippen molar-refractivity contribution in [2.24, 2.45) is 11.0 Å². The van der Waals surface area contributed by atoms with Gasteiger partial charge >= 0.3 is 6.09 Å². The number of hydrogen-bond acceptors (Lipinski definition) is 5. The molecule has 2 rings (SSSR count). The van der Waals surface area contributed by atoms with E-state index in [1.54, 1.807) is 27.0 Å². The number of nitrogens with one attached hydrogen (secondary N) is 2. The Kier molecular flexibility index (Phi) is 6.50. The van der Waals surface area contributed by atoms with E-state index < -0.39 is 23.6 Å². The number of fused-ring (bicyclic) bond motifs is 1. The summed E-state index contributed by atoms with van der Waals surface area (Å²) in [5.74, 6) is -0.549. The van der Waals surface area contributed by atoms with E-state index in [1.807, 2.05) is 44.2 Å². The lowest BCUT2D eigenvalue weighted by Gasteiger charge is -2.24. The highest BCUT2D eigenvalue weighted by Gasteiger charge is 2.26. The lowest BCUT2D eigenvalue weighted by Crippen LogP contribution is -2.49. The first-order valence-electron chi connectivity index (χ1n) is 8.83. The first kappa shape index (κ1) is 20.4. The Morgan fingerprint density at radius 2 is 1.89 bits per heavy atom. The fourth-order valence-electron chi connectivity index (χ4n) is 2.44. The fraction of sp³-hybridized carbons (Fsp3) is 0.400. The van der Waals surface area contributed by atoms with Gasteiger partial charge < -0.3 is 10.1 Å². The van der Waals surface area contributed by atoms with Crippen LogP contribution in [-0.2, 0) is 9.53 Å². The lowest BCUT2D eigenvalue weighted by molar-refractivity contribution is -0.124. The molecule has 7 nitrogen and oxygen atoms in total. The molecular weight excluding hydrogens is 344 g/mol. The Balaban J connectivity index is 2.05. The molecule has 7 heteroatoms. The quantitative estimate of drug-likeness (QED) is 0.624. The van der Waals surface area contributed by atoms with Gasteiger partial charge in [0.05, 0.1) is 11.7 Å². The highest BCUT2D eigenvalue weighted by molar-refractivity contribution is 5.97. The number of pyridine rings is 1. The number of carbonyl (C=O) groups excluding carboxylic acids is 2. The summed E-state index contributed by atoms with van der Waals surface area (Å²) in [6, 6.07) is 8.77. The second kappa shape index (κ2) is 8.62. The molecule has 1 aromatic carbocycles. The molecule has 0 aliphatic carbocycles. The summed E-state index contributed by atoms with van der Waals surface area (Å²) in [7, 11) is 0. The number of carbonyl (C=O) groups is 2. The molecule has 0 bridgehead atoms. The number of aromatic nitrogens is 1. The number of nitrogens with zero attached hydrogens (tertiary/aromatic N) is 2. The predicted molar refractivity (Wildman–Crippen MR) is 105 cm³/mol. The molecule has 2 amide bonds. The van der Waals surface area contributed by atoms with E-state index in [1.165, 1.54) is 6.21 Å². The van der Waals surface area contributed by atoms with Crippen LogP contribution in [0.2, 0.25) is 0 Å². The predicted octanol–water partition coefficient (Wildman–Crippen LogP) is 3.23. The van der Waals surface area contributed by atoms with Gasteiger partial charge in [0, 0.05) is 17.1 Å². The smallest absolute Gasteiger partial charge is 0.408 e. The van der Waals surface area contributed by atoms with Crippen molar-refractivity contribution < 1.29 is 14.3 Å². The zero-order valence-electron chi connectivity index (χ0n) is 16.3. The van der Waals surface area contributed by atoms with Crippen molar-refractivity contribution in [3.8, 4) is 0 Å². The number of ether oxygens (including phenoxy) is 1. The lowest BCUT2D eigenvalue weighted by atomic mass is 10.0. The Labute approximate surface area is 159 Å². The standard InChI is InChI=1S/C20H26N4O3/c1-13(2)16(23-19(26)27-20(3,4)5)18(25)24-22-12-15-9-6-8-14-10-7-11-21-17(14)15/h6-13,16H,1-5H3,(H,23,26)(H,24,25)/b22-12-/t16-/m1/s1. The van der Waals surface area contributed by atoms with Crippen molar-refractivity contribution in [3.05, 3.63) is 42.1 Å². The molecule has 2 aromatic rings. The molecule has 2 N–H and O–H groups in total. The normalized spacial score (nSPS) is 13.0. The molecule has 0 spiro atoms. The number of alkyl carbamates (subject to hydrolysis) is 1. The third-order valence-corrected chi connectivity index (χ3v) is 3.66. The fourth-order valence-corrected chi connectivity index (χ4v) is 2.44. The maximum atomic E-state index is 12.4. The van der Waals surface area contributed by atoms with Crippen LogP contribution >= 0.6 is 0 Å². The molecule has 0 aliphatic heterocycles. The molecule has 1 atom stereocenters. The summed E-state index contributed by atoms with van der Waals surface area (Å²) in [5, 5.41) is 7.60. The molecular formula is C20H26N4O3. The number of rotatable bonds is 5. The van der Waals surface area contributed by atoms with Gasteiger partial charge in [-0.3, -0.25) is 9.78 Å². The van der Waals surface area contributed by atoms with Crippen molar-refractivity contribution in [2.45, 2.75) is 46.3 Å². The number of para-hydroxylation sites is 1. The van der Waals surface area contributed by atoms with Gasteiger partial charge in [-0.05, 0) is 32.8 Å². The van der Waals surface area contributed by atoms with Gasteiger partial charge in [0.15, 0.2) is 0 Å². The summed E-state index contributed by atoms with van der Waals surface area (Å²) < 4.78 is 5.21. The molecule has 0 fully saturated rings. The largest absolute Gasteiger partial charge is 0.444 e. The van der Waals surface area contributed by atoms with Crippen molar-refractivity contribution in [2.75, 3.05) is 0 Å². The molecule has 0 saturated heterocycles. The number of hydrogen-bond donors (Lipinski definition) is 2. The molecule has 1 heterocycles. The first-order chi connectivity index (χ1) is 12.7. The van der Waals surface area contributed by atoms with Gasteiger partial charge in [0.25, 0.3) is 5.91 Å². The van der Waals surface area contributed by atoms with Crippen LogP contribution in [0.1, 0.15) is 40.2 Å². The van der Waals surface area contributed by atoms with Crippen LogP contribution < -0.4 is 10.7 Å². The Morgan fingerprint density at radius 3 is 2.56 bits per heavy atom. The monoisotopic (exact) mass is 370 g/mol. The van der Waals surface area contributed by atoms with Crippen LogP contribution in [0, 0.1) is 5.92 Å². The maximum absolute atomic E-state index is 12.4. The van der Waals surface area contributed by atoms with Crippen molar-refractivity contribution >= 4 is 29.1 Å². The van der Waals surface area contributed by atoms with Crippen LogP contribution in [0.5, 0.6) is 0 Å². The number of benzene rings is 1. The van der Waals surface area contributed by atoms with Gasteiger partial charge in [-0.2, -0.15) is 5.10 Å². The second-order valence-electron chi connectivity index (χ2n) is 7.52. The van der Waals surface area contributed by atoms with Crippen LogP contribution in [0.3, 0.4) is 0 Å².